The first-order chi connectivity index (χ1) is 6.49. The highest BCUT2D eigenvalue weighted by molar-refractivity contribution is 4.80. The van der Waals surface area contributed by atoms with Gasteiger partial charge in [-0.25, -0.2) is 0 Å². The van der Waals surface area contributed by atoms with Crippen molar-refractivity contribution in [2.24, 2.45) is 11.1 Å². The Morgan fingerprint density at radius 1 is 1.36 bits per heavy atom. The summed E-state index contributed by atoms with van der Waals surface area (Å²) in [6.07, 6.45) is 6.50. The molecule has 0 saturated heterocycles. The van der Waals surface area contributed by atoms with Crippen LogP contribution in [0.4, 0.5) is 0 Å². The van der Waals surface area contributed by atoms with Gasteiger partial charge in [0.25, 0.3) is 0 Å². The Balaban J connectivity index is 3.69. The molecule has 0 radical (unpaired) electrons. The molecule has 2 heteroatoms. The van der Waals surface area contributed by atoms with Crippen molar-refractivity contribution in [2.75, 3.05) is 13.1 Å². The third-order valence-electron chi connectivity index (χ3n) is 2.12. The molecule has 0 fully saturated rings. The second-order valence-corrected chi connectivity index (χ2v) is 5.01. The quantitative estimate of drug-likeness (QED) is 0.508. The second-order valence-electron chi connectivity index (χ2n) is 5.01. The Morgan fingerprint density at radius 3 is 2.43 bits per heavy atom. The lowest BCUT2D eigenvalue weighted by molar-refractivity contribution is 0.312. The molecular weight excluding hydrogens is 172 g/mol. The van der Waals surface area contributed by atoms with Crippen LogP contribution in [0.3, 0.4) is 0 Å². The second kappa shape index (κ2) is 7.02. The van der Waals surface area contributed by atoms with Crippen molar-refractivity contribution < 1.29 is 0 Å². The fourth-order valence-electron chi connectivity index (χ4n) is 1.52. The van der Waals surface area contributed by atoms with Gasteiger partial charge in [-0.3, -0.25) is 0 Å². The lowest BCUT2D eigenvalue weighted by atomic mass is 9.88. The zero-order chi connectivity index (χ0) is 11.0. The number of allylic oxidation sites excluding steroid dienone is 1. The van der Waals surface area contributed by atoms with Gasteiger partial charge in [0.15, 0.2) is 0 Å². The molecule has 0 rings (SSSR count). The first-order valence-corrected chi connectivity index (χ1v) is 5.54. The maximum Gasteiger partial charge on any atom is 0.0195 e. The van der Waals surface area contributed by atoms with Crippen LogP contribution >= 0.6 is 0 Å². The molecule has 0 aromatic heterocycles. The summed E-state index contributed by atoms with van der Waals surface area (Å²) in [6, 6.07) is 0.459. The molecule has 14 heavy (non-hydrogen) atoms. The standard InChI is InChI=1S/C12H26N2/c1-5-6-7-8-14-11(10-13)9-12(2,3)4/h5-6,11,14H,7-10,13H2,1-4H3/b6-5+. The van der Waals surface area contributed by atoms with Crippen LogP contribution in [0.5, 0.6) is 0 Å². The van der Waals surface area contributed by atoms with Crippen molar-refractivity contribution in [2.45, 2.75) is 46.6 Å². The van der Waals surface area contributed by atoms with E-state index in [1.54, 1.807) is 0 Å². The summed E-state index contributed by atoms with van der Waals surface area (Å²) >= 11 is 0. The maximum atomic E-state index is 5.71. The van der Waals surface area contributed by atoms with Crippen molar-refractivity contribution in [3.05, 3.63) is 12.2 Å². The minimum absolute atomic E-state index is 0.359. The molecule has 0 spiro atoms. The summed E-state index contributed by atoms with van der Waals surface area (Å²) in [4.78, 5) is 0. The van der Waals surface area contributed by atoms with E-state index in [2.05, 4.69) is 45.2 Å². The van der Waals surface area contributed by atoms with Crippen LogP contribution in [0.25, 0.3) is 0 Å². The van der Waals surface area contributed by atoms with Gasteiger partial charge in [0.05, 0.1) is 0 Å². The fraction of sp³-hybridized carbons (Fsp3) is 0.833. The minimum atomic E-state index is 0.359. The Kier molecular flexibility index (Phi) is 6.85. The number of rotatable bonds is 6. The Hall–Kier alpha value is -0.340. The molecule has 3 N–H and O–H groups in total. The summed E-state index contributed by atoms with van der Waals surface area (Å²) in [5.74, 6) is 0. The molecule has 2 nitrogen and oxygen atoms in total. The molecule has 0 aliphatic carbocycles. The molecule has 0 aromatic carbocycles. The summed E-state index contributed by atoms with van der Waals surface area (Å²) in [5, 5.41) is 3.48. The van der Waals surface area contributed by atoms with Crippen LogP contribution < -0.4 is 11.1 Å². The topological polar surface area (TPSA) is 38.0 Å². The van der Waals surface area contributed by atoms with Crippen LogP contribution in [-0.2, 0) is 0 Å². The number of hydrogen-bond donors (Lipinski definition) is 2. The van der Waals surface area contributed by atoms with Gasteiger partial charge in [0.1, 0.15) is 0 Å². The van der Waals surface area contributed by atoms with E-state index in [9.17, 15) is 0 Å². The van der Waals surface area contributed by atoms with Gasteiger partial charge >= 0.3 is 0 Å². The van der Waals surface area contributed by atoms with E-state index < -0.39 is 0 Å². The predicted octanol–water partition coefficient (Wildman–Crippen LogP) is 2.31. The van der Waals surface area contributed by atoms with Crippen LogP contribution in [0.2, 0.25) is 0 Å². The molecule has 0 aliphatic heterocycles. The van der Waals surface area contributed by atoms with Crippen LogP contribution in [0, 0.1) is 5.41 Å². The van der Waals surface area contributed by atoms with Crippen LogP contribution in [0.1, 0.15) is 40.5 Å². The molecule has 0 amide bonds. The monoisotopic (exact) mass is 198 g/mol. The van der Waals surface area contributed by atoms with Gasteiger partial charge in [0, 0.05) is 12.6 Å². The molecule has 0 saturated carbocycles. The zero-order valence-electron chi connectivity index (χ0n) is 10.1. The van der Waals surface area contributed by atoms with E-state index in [-0.39, 0.29) is 0 Å². The lowest BCUT2D eigenvalue weighted by Crippen LogP contribution is -2.39. The first-order valence-electron chi connectivity index (χ1n) is 5.54. The Labute approximate surface area is 89.0 Å². The molecule has 84 valence electrons. The Bertz CT molecular complexity index is 156. The van der Waals surface area contributed by atoms with E-state index in [4.69, 9.17) is 5.73 Å². The predicted molar refractivity (Wildman–Crippen MR) is 64.3 cm³/mol. The lowest BCUT2D eigenvalue weighted by Gasteiger charge is -2.25. The van der Waals surface area contributed by atoms with Gasteiger partial charge in [-0.15, -0.1) is 0 Å². The molecule has 1 atom stereocenters. The van der Waals surface area contributed by atoms with Gasteiger partial charge < -0.3 is 11.1 Å². The molecule has 0 heterocycles. The Morgan fingerprint density at radius 2 is 2.00 bits per heavy atom. The summed E-state index contributed by atoms with van der Waals surface area (Å²) < 4.78 is 0. The largest absolute Gasteiger partial charge is 0.329 e. The summed E-state index contributed by atoms with van der Waals surface area (Å²) in [5.41, 5.74) is 6.07. The number of nitrogens with one attached hydrogen (secondary N) is 1. The maximum absolute atomic E-state index is 5.71. The van der Waals surface area contributed by atoms with Crippen LogP contribution in [-0.4, -0.2) is 19.1 Å². The van der Waals surface area contributed by atoms with Gasteiger partial charge in [0.2, 0.25) is 0 Å². The molecule has 1 unspecified atom stereocenters. The highest BCUT2D eigenvalue weighted by Crippen LogP contribution is 2.20. The van der Waals surface area contributed by atoms with Crippen molar-refractivity contribution in [3.63, 3.8) is 0 Å². The van der Waals surface area contributed by atoms with E-state index >= 15 is 0 Å². The van der Waals surface area contributed by atoms with Crippen molar-refractivity contribution in [1.29, 1.82) is 0 Å². The summed E-state index contributed by atoms with van der Waals surface area (Å²) in [6.45, 7) is 10.6. The molecular formula is C12H26N2. The molecule has 0 aliphatic rings. The third kappa shape index (κ3) is 8.27. The van der Waals surface area contributed by atoms with Crippen molar-refractivity contribution in [3.8, 4) is 0 Å². The highest BCUT2D eigenvalue weighted by atomic mass is 14.9. The van der Waals surface area contributed by atoms with Gasteiger partial charge in [-0.05, 0) is 31.7 Å². The SMILES string of the molecule is C/C=C/CCNC(CN)CC(C)(C)C. The fourth-order valence-corrected chi connectivity index (χ4v) is 1.52. The van der Waals surface area contributed by atoms with E-state index in [1.807, 2.05) is 0 Å². The van der Waals surface area contributed by atoms with Gasteiger partial charge in [-0.1, -0.05) is 32.9 Å². The average Bonchev–Trinajstić information content (AvgIpc) is 2.08. The van der Waals surface area contributed by atoms with E-state index in [1.165, 1.54) is 0 Å². The zero-order valence-corrected chi connectivity index (χ0v) is 10.1. The minimum Gasteiger partial charge on any atom is -0.329 e. The molecule has 0 bridgehead atoms. The normalized spacial score (nSPS) is 14.9. The molecule has 0 aromatic rings. The summed E-state index contributed by atoms with van der Waals surface area (Å²) in [7, 11) is 0. The average molecular weight is 198 g/mol. The number of nitrogens with two attached hydrogens (primary N) is 1. The third-order valence-corrected chi connectivity index (χ3v) is 2.12. The van der Waals surface area contributed by atoms with Gasteiger partial charge in [-0.2, -0.15) is 0 Å². The van der Waals surface area contributed by atoms with Crippen molar-refractivity contribution in [1.82, 2.24) is 5.32 Å². The smallest absolute Gasteiger partial charge is 0.0195 e. The number of hydrogen-bond acceptors (Lipinski definition) is 2. The van der Waals surface area contributed by atoms with Crippen LogP contribution in [0.15, 0.2) is 12.2 Å². The van der Waals surface area contributed by atoms with Crippen molar-refractivity contribution >= 4 is 0 Å². The highest BCUT2D eigenvalue weighted by Gasteiger charge is 2.16. The van der Waals surface area contributed by atoms with E-state index in [0.29, 0.717) is 11.5 Å². The van der Waals surface area contributed by atoms with E-state index in [0.717, 1.165) is 25.9 Å². The first kappa shape index (κ1) is 13.7.